The first-order chi connectivity index (χ1) is 18.0. The van der Waals surface area contributed by atoms with Gasteiger partial charge in [-0.05, 0) is 69.0 Å². The number of piperidine rings is 1. The highest BCUT2D eigenvalue weighted by Crippen LogP contribution is 2.33. The number of rotatable bonds is 5. The highest BCUT2D eigenvalue weighted by atomic mass is 32.2. The van der Waals surface area contributed by atoms with Crippen molar-refractivity contribution in [2.75, 3.05) is 57.4 Å². The summed E-state index contributed by atoms with van der Waals surface area (Å²) in [6.45, 7) is 11.5. The summed E-state index contributed by atoms with van der Waals surface area (Å²) in [5, 5.41) is 5.11. The summed E-state index contributed by atoms with van der Waals surface area (Å²) >= 11 is 1.43. The molecular formula is C29H37N5O2S. The number of hydrogen-bond donors (Lipinski definition) is 0. The smallest absolute Gasteiger partial charge is 0.282 e. The normalized spacial score (nSPS) is 20.1. The number of fused-ring (bicyclic) bond motifs is 1. The van der Waals surface area contributed by atoms with Gasteiger partial charge < -0.3 is 19.4 Å². The molecule has 1 aromatic carbocycles. The molecule has 0 bridgehead atoms. The number of carbonyl (C=O) groups excluding carboxylic acids is 1. The molecule has 7 nitrogen and oxygen atoms in total. The number of amides is 1. The summed E-state index contributed by atoms with van der Waals surface area (Å²) in [6, 6.07) is 14.2. The molecule has 0 N–H and O–H groups in total. The van der Waals surface area contributed by atoms with Crippen LogP contribution in [-0.2, 0) is 4.74 Å². The second kappa shape index (κ2) is 10.7. The Morgan fingerprint density at radius 2 is 1.70 bits per heavy atom. The first-order valence-electron chi connectivity index (χ1n) is 13.6. The summed E-state index contributed by atoms with van der Waals surface area (Å²) in [5.41, 5.74) is 6.18. The van der Waals surface area contributed by atoms with E-state index in [4.69, 9.17) is 4.74 Å². The Morgan fingerprint density at radius 3 is 2.35 bits per heavy atom. The maximum atomic E-state index is 12.6. The van der Waals surface area contributed by atoms with Gasteiger partial charge in [-0.15, -0.1) is 0 Å². The number of carbonyl (C=O) groups is 1. The van der Waals surface area contributed by atoms with Gasteiger partial charge >= 0.3 is 0 Å². The molecule has 3 saturated heterocycles. The van der Waals surface area contributed by atoms with E-state index in [1.54, 1.807) is 0 Å². The summed E-state index contributed by atoms with van der Waals surface area (Å²) in [6.07, 6.45) is 6.50. The summed E-state index contributed by atoms with van der Waals surface area (Å²) in [7, 11) is 0. The Hall–Kier alpha value is -2.55. The molecule has 0 radical (unpaired) electrons. The molecule has 3 fully saturated rings. The van der Waals surface area contributed by atoms with Crippen LogP contribution in [0, 0.1) is 0 Å². The maximum absolute atomic E-state index is 12.6. The van der Waals surface area contributed by atoms with Crippen LogP contribution in [0.5, 0.6) is 0 Å². The molecule has 37 heavy (non-hydrogen) atoms. The Bertz CT molecular complexity index is 1220. The molecular weight excluding hydrogens is 482 g/mol. The van der Waals surface area contributed by atoms with E-state index in [0.29, 0.717) is 30.4 Å². The predicted molar refractivity (Wildman–Crippen MR) is 151 cm³/mol. The lowest BCUT2D eigenvalue weighted by Gasteiger charge is -2.37. The lowest BCUT2D eigenvalue weighted by molar-refractivity contribution is 0.0456. The molecule has 8 heteroatoms. The first kappa shape index (κ1) is 24.8. The van der Waals surface area contributed by atoms with Crippen LogP contribution in [0.4, 0.5) is 10.5 Å². The average Bonchev–Trinajstić information content (AvgIpc) is 3.35. The zero-order chi connectivity index (χ0) is 25.4. The van der Waals surface area contributed by atoms with Crippen molar-refractivity contribution in [2.24, 2.45) is 0 Å². The van der Waals surface area contributed by atoms with Crippen LogP contribution in [0.15, 0.2) is 48.8 Å². The fourth-order valence-corrected chi connectivity index (χ4v) is 6.70. The monoisotopic (exact) mass is 519 g/mol. The van der Waals surface area contributed by atoms with Crippen molar-refractivity contribution in [1.82, 2.24) is 19.4 Å². The van der Waals surface area contributed by atoms with Crippen molar-refractivity contribution >= 4 is 28.2 Å². The van der Waals surface area contributed by atoms with Crippen LogP contribution < -0.4 is 4.90 Å². The molecule has 0 atom stereocenters. The van der Waals surface area contributed by atoms with Crippen molar-refractivity contribution in [1.29, 1.82) is 0 Å². The fraction of sp³-hybridized carbons (Fsp3) is 0.517. The number of piperazine rings is 1. The zero-order valence-electron chi connectivity index (χ0n) is 21.9. The molecule has 196 valence electrons. The molecule has 0 unspecified atom stereocenters. The Labute approximate surface area is 223 Å². The largest absolute Gasteiger partial charge is 0.379 e. The van der Waals surface area contributed by atoms with Gasteiger partial charge in [-0.1, -0.05) is 36.0 Å². The lowest BCUT2D eigenvalue weighted by Crippen LogP contribution is -2.48. The van der Waals surface area contributed by atoms with Crippen molar-refractivity contribution in [2.45, 2.75) is 43.9 Å². The standard InChI is InChI=1S/C29H37N5O2S/c1-21(2)31-11-8-24(9-12-31)22-3-5-23(6-4-22)25-17-28-27(7-10-30-34(28)18-25)32-13-15-33(16-14-32)29(35)37-26-19-36-20-26/h3-7,10,17-18,21,24,26H,8-9,11-16,19-20H2,1-2H3. The van der Waals surface area contributed by atoms with Gasteiger partial charge in [0.05, 0.1) is 29.7 Å². The third kappa shape index (κ3) is 5.24. The van der Waals surface area contributed by atoms with Gasteiger partial charge in [0.2, 0.25) is 0 Å². The third-order valence-electron chi connectivity index (χ3n) is 8.22. The maximum Gasteiger partial charge on any atom is 0.282 e. The van der Waals surface area contributed by atoms with E-state index < -0.39 is 0 Å². The van der Waals surface area contributed by atoms with Gasteiger partial charge in [0.15, 0.2) is 0 Å². The van der Waals surface area contributed by atoms with E-state index in [2.05, 4.69) is 71.3 Å². The molecule has 3 aliphatic heterocycles. The molecule has 0 spiro atoms. The van der Waals surface area contributed by atoms with Gasteiger partial charge in [-0.3, -0.25) is 4.79 Å². The quantitative estimate of drug-likeness (QED) is 0.475. The van der Waals surface area contributed by atoms with Gasteiger partial charge in [-0.25, -0.2) is 4.52 Å². The van der Waals surface area contributed by atoms with E-state index in [1.165, 1.54) is 60.1 Å². The third-order valence-corrected chi connectivity index (χ3v) is 9.28. The van der Waals surface area contributed by atoms with E-state index in [9.17, 15) is 4.79 Å². The van der Waals surface area contributed by atoms with Crippen molar-refractivity contribution in [3.8, 4) is 11.1 Å². The molecule has 5 heterocycles. The van der Waals surface area contributed by atoms with Gasteiger partial charge in [-0.2, -0.15) is 5.10 Å². The number of hydrogen-bond acceptors (Lipinski definition) is 6. The highest BCUT2D eigenvalue weighted by Gasteiger charge is 2.28. The zero-order valence-corrected chi connectivity index (χ0v) is 22.7. The van der Waals surface area contributed by atoms with Crippen LogP contribution >= 0.6 is 11.8 Å². The van der Waals surface area contributed by atoms with E-state index in [-0.39, 0.29) is 5.24 Å². The second-order valence-electron chi connectivity index (χ2n) is 10.8. The molecule has 6 rings (SSSR count). The van der Waals surface area contributed by atoms with Gasteiger partial charge in [0.1, 0.15) is 0 Å². The summed E-state index contributed by atoms with van der Waals surface area (Å²) in [5.74, 6) is 0.663. The average molecular weight is 520 g/mol. The van der Waals surface area contributed by atoms with Crippen molar-refractivity contribution in [3.63, 3.8) is 0 Å². The van der Waals surface area contributed by atoms with Gasteiger partial charge in [0, 0.05) is 50.2 Å². The SMILES string of the molecule is CC(C)N1CCC(c2ccc(-c3cc4c(N5CCN(C(=O)SC6COC6)CC5)ccnn4c3)cc2)CC1. The fourth-order valence-electron chi connectivity index (χ4n) is 5.75. The molecule has 3 aromatic rings. The number of nitrogens with zero attached hydrogens (tertiary/aromatic N) is 5. The molecule has 2 aromatic heterocycles. The summed E-state index contributed by atoms with van der Waals surface area (Å²) < 4.78 is 7.20. The summed E-state index contributed by atoms with van der Waals surface area (Å²) in [4.78, 5) is 19.5. The number of thioether (sulfide) groups is 1. The van der Waals surface area contributed by atoms with E-state index in [0.717, 1.165) is 31.7 Å². The molecule has 0 aliphatic carbocycles. The minimum atomic E-state index is 0.187. The van der Waals surface area contributed by atoms with Crippen LogP contribution in [0.1, 0.15) is 38.2 Å². The first-order valence-corrected chi connectivity index (χ1v) is 14.5. The topological polar surface area (TPSA) is 53.3 Å². The number of likely N-dealkylation sites (tertiary alicyclic amines) is 1. The van der Waals surface area contributed by atoms with Crippen LogP contribution in [-0.4, -0.2) is 88.4 Å². The predicted octanol–water partition coefficient (Wildman–Crippen LogP) is 4.96. The Morgan fingerprint density at radius 1 is 0.973 bits per heavy atom. The van der Waals surface area contributed by atoms with Crippen molar-refractivity contribution < 1.29 is 9.53 Å². The molecule has 1 amide bonds. The number of ether oxygens (including phenoxy) is 1. The van der Waals surface area contributed by atoms with E-state index in [1.807, 2.05) is 15.6 Å². The van der Waals surface area contributed by atoms with Gasteiger partial charge in [0.25, 0.3) is 5.24 Å². The highest BCUT2D eigenvalue weighted by molar-refractivity contribution is 8.14. The number of aromatic nitrogens is 2. The minimum absolute atomic E-state index is 0.187. The second-order valence-corrected chi connectivity index (χ2v) is 12.1. The Kier molecular flexibility index (Phi) is 7.14. The molecule has 0 saturated carbocycles. The Balaban J connectivity index is 1.13. The number of anilines is 1. The lowest BCUT2D eigenvalue weighted by atomic mass is 9.88. The van der Waals surface area contributed by atoms with E-state index >= 15 is 0 Å². The van der Waals surface area contributed by atoms with Crippen LogP contribution in [0.25, 0.3) is 16.6 Å². The van der Waals surface area contributed by atoms with Crippen LogP contribution in [0.3, 0.4) is 0 Å². The number of benzene rings is 1. The van der Waals surface area contributed by atoms with Crippen molar-refractivity contribution in [3.05, 3.63) is 54.4 Å². The minimum Gasteiger partial charge on any atom is -0.379 e. The van der Waals surface area contributed by atoms with Crippen LogP contribution in [0.2, 0.25) is 0 Å². The molecule has 3 aliphatic rings.